The molecule has 1 aliphatic rings. The lowest BCUT2D eigenvalue weighted by molar-refractivity contribution is -0.136. The Morgan fingerprint density at radius 2 is 1.65 bits per heavy atom. The number of benzene rings is 2. The van der Waals surface area contributed by atoms with Crippen LogP contribution in [0.1, 0.15) is 22.8 Å². The highest BCUT2D eigenvalue weighted by Crippen LogP contribution is 2.27. The molecule has 1 aliphatic heterocycles. The van der Waals surface area contributed by atoms with Crippen LogP contribution in [0.3, 0.4) is 0 Å². The number of anilines is 1. The van der Waals surface area contributed by atoms with Crippen LogP contribution in [0, 0.1) is 0 Å². The summed E-state index contributed by atoms with van der Waals surface area (Å²) in [5.41, 5.74) is 2.08. The van der Waals surface area contributed by atoms with E-state index in [2.05, 4.69) is 16.0 Å². The van der Waals surface area contributed by atoms with Gasteiger partial charge in [-0.25, -0.2) is 4.79 Å². The number of carbonyl (C=O) groups excluding carboxylic acids is 2. The lowest BCUT2D eigenvalue weighted by atomic mass is 10.0. The molecule has 2 aromatic rings. The number of carbonyl (C=O) groups is 2. The van der Waals surface area contributed by atoms with E-state index in [0.29, 0.717) is 28.2 Å². The van der Waals surface area contributed by atoms with Gasteiger partial charge >= 0.3 is 5.97 Å². The molecule has 2 aromatic carbocycles. The summed E-state index contributed by atoms with van der Waals surface area (Å²) in [7, 11) is 0. The first-order chi connectivity index (χ1) is 12.7. The first kappa shape index (κ1) is 17.5. The molecule has 0 saturated carbocycles. The molecular weight excluding hydrogens is 330 g/mol. The quantitative estimate of drug-likeness (QED) is 0.569. The lowest BCUT2D eigenvalue weighted by Crippen LogP contribution is -2.21. The summed E-state index contributed by atoms with van der Waals surface area (Å²) in [6.07, 6.45) is 0. The summed E-state index contributed by atoms with van der Waals surface area (Å²) < 4.78 is 5.23. The van der Waals surface area contributed by atoms with Crippen LogP contribution in [-0.4, -0.2) is 31.6 Å². The van der Waals surface area contributed by atoms with Gasteiger partial charge in [0.2, 0.25) is 0 Å². The second-order valence-electron chi connectivity index (χ2n) is 5.69. The molecule has 1 saturated heterocycles. The molecule has 6 nitrogen and oxygen atoms in total. The van der Waals surface area contributed by atoms with Gasteiger partial charge in [0.25, 0.3) is 5.91 Å². The molecule has 0 radical (unpaired) electrons. The molecule has 1 heterocycles. The summed E-state index contributed by atoms with van der Waals surface area (Å²) in [5.74, 6) is -0.0609. The summed E-state index contributed by atoms with van der Waals surface area (Å²) >= 11 is 0. The SMILES string of the molecule is CCOC(=O)C(=C1NCCN1)c1ccccc1NC(=O)c1ccccc1. The predicted molar refractivity (Wildman–Crippen MR) is 100 cm³/mol. The standard InChI is InChI=1S/C20H21N3O3/c1-2-26-20(25)17(18-21-12-13-22-18)15-10-6-7-11-16(15)23-19(24)14-8-4-3-5-9-14/h3-11,21-22H,2,12-13H2,1H3,(H,23,24). The van der Waals surface area contributed by atoms with Crippen LogP contribution in [0.5, 0.6) is 0 Å². The predicted octanol–water partition coefficient (Wildman–Crippen LogP) is 2.36. The van der Waals surface area contributed by atoms with E-state index >= 15 is 0 Å². The summed E-state index contributed by atoms with van der Waals surface area (Å²) in [6.45, 7) is 3.47. The van der Waals surface area contributed by atoms with E-state index in [0.717, 1.165) is 13.1 Å². The van der Waals surface area contributed by atoms with Gasteiger partial charge in [-0.15, -0.1) is 0 Å². The highest BCUT2D eigenvalue weighted by molar-refractivity contribution is 6.20. The van der Waals surface area contributed by atoms with Gasteiger partial charge in [0, 0.05) is 29.9 Å². The first-order valence-corrected chi connectivity index (χ1v) is 8.55. The zero-order valence-corrected chi connectivity index (χ0v) is 14.5. The van der Waals surface area contributed by atoms with E-state index < -0.39 is 5.97 Å². The fraction of sp³-hybridized carbons (Fsp3) is 0.200. The van der Waals surface area contributed by atoms with Crippen LogP contribution in [0.2, 0.25) is 0 Å². The van der Waals surface area contributed by atoms with Crippen molar-refractivity contribution < 1.29 is 14.3 Å². The van der Waals surface area contributed by atoms with E-state index in [1.54, 1.807) is 43.3 Å². The number of hydrogen-bond acceptors (Lipinski definition) is 5. The fourth-order valence-corrected chi connectivity index (χ4v) is 2.76. The van der Waals surface area contributed by atoms with E-state index in [1.807, 2.05) is 18.2 Å². The van der Waals surface area contributed by atoms with Crippen LogP contribution in [0.25, 0.3) is 5.57 Å². The zero-order valence-electron chi connectivity index (χ0n) is 14.5. The molecule has 0 unspecified atom stereocenters. The Morgan fingerprint density at radius 1 is 1.00 bits per heavy atom. The molecule has 6 heteroatoms. The average molecular weight is 351 g/mol. The Morgan fingerprint density at radius 3 is 2.35 bits per heavy atom. The van der Waals surface area contributed by atoms with Crippen molar-refractivity contribution >= 4 is 23.1 Å². The largest absolute Gasteiger partial charge is 0.462 e. The molecule has 3 rings (SSSR count). The van der Waals surface area contributed by atoms with Gasteiger partial charge in [0.05, 0.1) is 6.61 Å². The van der Waals surface area contributed by atoms with E-state index in [9.17, 15) is 9.59 Å². The molecular formula is C20H21N3O3. The molecule has 0 aliphatic carbocycles. The van der Waals surface area contributed by atoms with Crippen molar-refractivity contribution in [1.29, 1.82) is 0 Å². The zero-order chi connectivity index (χ0) is 18.4. The maximum atomic E-state index is 12.6. The molecule has 0 atom stereocenters. The van der Waals surface area contributed by atoms with E-state index in [4.69, 9.17) is 4.74 Å². The first-order valence-electron chi connectivity index (χ1n) is 8.55. The third-order valence-corrected chi connectivity index (χ3v) is 3.94. The number of nitrogens with one attached hydrogen (secondary N) is 3. The molecule has 0 aromatic heterocycles. The van der Waals surface area contributed by atoms with Gasteiger partial charge in [0.1, 0.15) is 11.4 Å². The Bertz CT molecular complexity index is 823. The van der Waals surface area contributed by atoms with Crippen LogP contribution in [0.4, 0.5) is 5.69 Å². The Labute approximate surface area is 152 Å². The highest BCUT2D eigenvalue weighted by Gasteiger charge is 2.24. The second-order valence-corrected chi connectivity index (χ2v) is 5.69. The topological polar surface area (TPSA) is 79.5 Å². The maximum Gasteiger partial charge on any atom is 0.342 e. The third kappa shape index (κ3) is 3.85. The minimum Gasteiger partial charge on any atom is -0.462 e. The fourth-order valence-electron chi connectivity index (χ4n) is 2.76. The molecule has 26 heavy (non-hydrogen) atoms. The maximum absolute atomic E-state index is 12.6. The second kappa shape index (κ2) is 8.20. The number of esters is 1. The smallest absolute Gasteiger partial charge is 0.342 e. The molecule has 1 fully saturated rings. The highest BCUT2D eigenvalue weighted by atomic mass is 16.5. The summed E-state index contributed by atoms with van der Waals surface area (Å²) in [6, 6.07) is 16.1. The molecule has 134 valence electrons. The summed E-state index contributed by atoms with van der Waals surface area (Å²) in [5, 5.41) is 9.21. The molecule has 0 bridgehead atoms. The van der Waals surface area contributed by atoms with Gasteiger partial charge in [-0.1, -0.05) is 36.4 Å². The van der Waals surface area contributed by atoms with Gasteiger partial charge < -0.3 is 20.7 Å². The number of rotatable bonds is 5. The lowest BCUT2D eigenvalue weighted by Gasteiger charge is -2.16. The minimum atomic E-state index is -0.439. The van der Waals surface area contributed by atoms with Crippen LogP contribution < -0.4 is 16.0 Å². The van der Waals surface area contributed by atoms with Crippen molar-refractivity contribution in [3.05, 3.63) is 71.5 Å². The number of amides is 1. The molecule has 1 amide bonds. The average Bonchev–Trinajstić information content (AvgIpc) is 3.18. The number of para-hydroxylation sites is 1. The van der Waals surface area contributed by atoms with Gasteiger partial charge in [-0.3, -0.25) is 4.79 Å². The third-order valence-electron chi connectivity index (χ3n) is 3.94. The monoisotopic (exact) mass is 351 g/mol. The van der Waals surface area contributed by atoms with E-state index in [-0.39, 0.29) is 12.5 Å². The van der Waals surface area contributed by atoms with E-state index in [1.165, 1.54) is 0 Å². The Hall–Kier alpha value is -3.28. The molecule has 0 spiro atoms. The normalized spacial score (nSPS) is 12.7. The van der Waals surface area contributed by atoms with Gasteiger partial charge in [0.15, 0.2) is 0 Å². The van der Waals surface area contributed by atoms with Crippen molar-refractivity contribution in [2.75, 3.05) is 25.0 Å². The van der Waals surface area contributed by atoms with Gasteiger partial charge in [-0.05, 0) is 25.1 Å². The van der Waals surface area contributed by atoms with Crippen LogP contribution in [-0.2, 0) is 9.53 Å². The Kier molecular flexibility index (Phi) is 5.53. The minimum absolute atomic E-state index is 0.237. The van der Waals surface area contributed by atoms with Crippen molar-refractivity contribution in [1.82, 2.24) is 10.6 Å². The Balaban J connectivity index is 1.98. The van der Waals surface area contributed by atoms with Crippen molar-refractivity contribution in [3.63, 3.8) is 0 Å². The summed E-state index contributed by atoms with van der Waals surface area (Å²) in [4.78, 5) is 25.1. The number of hydrogen-bond donors (Lipinski definition) is 3. The van der Waals surface area contributed by atoms with Crippen molar-refractivity contribution in [2.24, 2.45) is 0 Å². The van der Waals surface area contributed by atoms with Crippen LogP contribution in [0.15, 0.2) is 60.4 Å². The van der Waals surface area contributed by atoms with Crippen LogP contribution >= 0.6 is 0 Å². The van der Waals surface area contributed by atoms with Crippen molar-refractivity contribution in [2.45, 2.75) is 6.92 Å². The van der Waals surface area contributed by atoms with Gasteiger partial charge in [-0.2, -0.15) is 0 Å². The molecule has 3 N–H and O–H groups in total. The number of ether oxygens (including phenoxy) is 1. The van der Waals surface area contributed by atoms with Crippen molar-refractivity contribution in [3.8, 4) is 0 Å².